The molecule has 0 aliphatic carbocycles. The lowest BCUT2D eigenvalue weighted by atomic mass is 10.1. The Labute approximate surface area is 99.5 Å². The van der Waals surface area contributed by atoms with Crippen molar-refractivity contribution in [2.45, 2.75) is 19.2 Å². The van der Waals surface area contributed by atoms with Gasteiger partial charge in [-0.2, -0.15) is 0 Å². The van der Waals surface area contributed by atoms with Gasteiger partial charge in [-0.3, -0.25) is 0 Å². The Morgan fingerprint density at radius 2 is 1.93 bits per heavy atom. The quantitative estimate of drug-likeness (QED) is 0.645. The average molecular weight is 250 g/mol. The van der Waals surface area contributed by atoms with Gasteiger partial charge in [-0.1, -0.05) is 40.9 Å². The van der Waals surface area contributed by atoms with Crippen molar-refractivity contribution in [1.29, 1.82) is 0 Å². The van der Waals surface area contributed by atoms with Crippen molar-refractivity contribution in [3.8, 4) is 0 Å². The molecule has 0 bridgehead atoms. The summed E-state index contributed by atoms with van der Waals surface area (Å²) in [4.78, 5) is 0. The largest absolute Gasteiger partial charge is 0.118 e. The number of alkyl halides is 1. The molecule has 0 aromatic heterocycles. The Kier molecular flexibility index (Phi) is 4.31. The third-order valence-electron chi connectivity index (χ3n) is 1.97. The van der Waals surface area contributed by atoms with E-state index in [-0.39, 0.29) is 5.38 Å². The molecule has 0 nitrogen and oxygen atoms in total. The number of hydrogen-bond donors (Lipinski definition) is 0. The van der Waals surface area contributed by atoms with Crippen LogP contribution in [-0.4, -0.2) is 5.38 Å². The third-order valence-corrected chi connectivity index (χ3v) is 3.05. The molecule has 1 aromatic carbocycles. The fourth-order valence-electron chi connectivity index (χ4n) is 0.980. The van der Waals surface area contributed by atoms with Crippen molar-refractivity contribution in [2.24, 2.45) is 0 Å². The van der Waals surface area contributed by atoms with Crippen molar-refractivity contribution in [3.63, 3.8) is 0 Å². The summed E-state index contributed by atoms with van der Waals surface area (Å²) < 4.78 is 0. The molecule has 3 heteroatoms. The normalized spacial score (nSPS) is 14.2. The lowest BCUT2D eigenvalue weighted by Crippen LogP contribution is -1.91. The third kappa shape index (κ3) is 3.20. The van der Waals surface area contributed by atoms with E-state index in [1.54, 1.807) is 6.07 Å². The molecular weight excluding hydrogens is 238 g/mol. The molecule has 1 rings (SSSR count). The van der Waals surface area contributed by atoms with Crippen molar-refractivity contribution in [3.05, 3.63) is 39.4 Å². The molecule has 1 unspecified atom stereocenters. The van der Waals surface area contributed by atoms with E-state index in [2.05, 4.69) is 0 Å². The van der Waals surface area contributed by atoms with Crippen LogP contribution in [0.4, 0.5) is 0 Å². The predicted octanol–water partition coefficient (Wildman–Crippen LogP) is 5.02. The monoisotopic (exact) mass is 248 g/mol. The lowest BCUT2D eigenvalue weighted by molar-refractivity contribution is 1.12. The van der Waals surface area contributed by atoms with E-state index < -0.39 is 0 Å². The first-order chi connectivity index (χ1) is 6.50. The van der Waals surface area contributed by atoms with Crippen LogP contribution in [0.25, 0.3) is 6.08 Å². The van der Waals surface area contributed by atoms with Gasteiger partial charge in [0.15, 0.2) is 0 Å². The number of hydrogen-bond acceptors (Lipinski definition) is 0. The first-order valence-electron chi connectivity index (χ1n) is 4.28. The Morgan fingerprint density at radius 1 is 1.29 bits per heavy atom. The van der Waals surface area contributed by atoms with Crippen LogP contribution in [0, 0.1) is 0 Å². The topological polar surface area (TPSA) is 0 Å². The van der Waals surface area contributed by atoms with Crippen LogP contribution in [0.1, 0.15) is 19.4 Å². The number of halogens is 3. The van der Waals surface area contributed by atoms with Gasteiger partial charge >= 0.3 is 0 Å². The molecular formula is C11H11Cl3. The molecule has 76 valence electrons. The molecule has 0 saturated carbocycles. The van der Waals surface area contributed by atoms with Gasteiger partial charge in [-0.05, 0) is 31.5 Å². The lowest BCUT2D eigenvalue weighted by Gasteiger charge is -2.03. The highest BCUT2D eigenvalue weighted by molar-refractivity contribution is 6.42. The maximum atomic E-state index is 5.92. The van der Waals surface area contributed by atoms with Crippen LogP contribution in [0.3, 0.4) is 0 Å². The van der Waals surface area contributed by atoms with E-state index >= 15 is 0 Å². The van der Waals surface area contributed by atoms with Gasteiger partial charge in [0.2, 0.25) is 0 Å². The van der Waals surface area contributed by atoms with Gasteiger partial charge in [0, 0.05) is 0 Å². The summed E-state index contributed by atoms with van der Waals surface area (Å²) in [6, 6.07) is 5.52. The average Bonchev–Trinajstić information content (AvgIpc) is 2.11. The minimum absolute atomic E-state index is 0.0319. The number of rotatable bonds is 2. The molecule has 0 aliphatic heterocycles. The van der Waals surface area contributed by atoms with Crippen LogP contribution in [0.2, 0.25) is 10.0 Å². The van der Waals surface area contributed by atoms with Crippen molar-refractivity contribution in [1.82, 2.24) is 0 Å². The Morgan fingerprint density at radius 3 is 2.43 bits per heavy atom. The number of allylic oxidation sites excluding steroid dienone is 1. The first kappa shape index (κ1) is 11.9. The molecule has 1 atom stereocenters. The highest BCUT2D eigenvalue weighted by Crippen LogP contribution is 2.24. The maximum Gasteiger partial charge on any atom is 0.0598 e. The molecule has 0 heterocycles. The molecule has 0 spiro atoms. The Hall–Kier alpha value is -0.170. The van der Waals surface area contributed by atoms with Crippen molar-refractivity contribution >= 4 is 40.9 Å². The van der Waals surface area contributed by atoms with Gasteiger partial charge in [0.05, 0.1) is 15.4 Å². The summed E-state index contributed by atoms with van der Waals surface area (Å²) in [7, 11) is 0. The zero-order valence-corrected chi connectivity index (χ0v) is 10.3. The van der Waals surface area contributed by atoms with Gasteiger partial charge in [0.25, 0.3) is 0 Å². The second-order valence-corrected chi connectivity index (χ2v) is 4.65. The highest BCUT2D eigenvalue weighted by atomic mass is 35.5. The first-order valence-corrected chi connectivity index (χ1v) is 5.47. The van der Waals surface area contributed by atoms with E-state index in [0.29, 0.717) is 10.0 Å². The van der Waals surface area contributed by atoms with Crippen LogP contribution in [0.5, 0.6) is 0 Å². The number of benzene rings is 1. The molecule has 0 amide bonds. The van der Waals surface area contributed by atoms with Crippen molar-refractivity contribution in [2.75, 3.05) is 0 Å². The van der Waals surface area contributed by atoms with E-state index in [4.69, 9.17) is 34.8 Å². The molecule has 0 fully saturated rings. The van der Waals surface area contributed by atoms with Crippen LogP contribution in [0.15, 0.2) is 23.8 Å². The van der Waals surface area contributed by atoms with E-state index in [0.717, 1.165) is 11.1 Å². The Balaban J connectivity index is 2.98. The molecule has 0 N–H and O–H groups in total. The second kappa shape index (κ2) is 5.06. The Bertz CT molecular complexity index is 354. The van der Waals surface area contributed by atoms with Crippen LogP contribution in [-0.2, 0) is 0 Å². The van der Waals surface area contributed by atoms with Gasteiger partial charge < -0.3 is 0 Å². The van der Waals surface area contributed by atoms with Gasteiger partial charge in [-0.25, -0.2) is 0 Å². The van der Waals surface area contributed by atoms with Gasteiger partial charge in [-0.15, -0.1) is 11.6 Å². The SMILES string of the molecule is C/C(=C\c1ccc(Cl)c(Cl)c1)C(C)Cl. The summed E-state index contributed by atoms with van der Waals surface area (Å²) in [6.45, 7) is 3.92. The van der Waals surface area contributed by atoms with E-state index in [1.165, 1.54) is 0 Å². The molecule has 0 saturated heterocycles. The summed E-state index contributed by atoms with van der Waals surface area (Å²) in [5.74, 6) is 0. The molecule has 1 aromatic rings. The second-order valence-electron chi connectivity index (χ2n) is 3.18. The molecule has 0 aliphatic rings. The summed E-state index contributed by atoms with van der Waals surface area (Å²) in [5, 5.41) is 1.17. The molecule has 0 radical (unpaired) electrons. The minimum Gasteiger partial charge on any atom is -0.118 e. The maximum absolute atomic E-state index is 5.92. The van der Waals surface area contributed by atoms with Crippen LogP contribution >= 0.6 is 34.8 Å². The summed E-state index contributed by atoms with van der Waals surface area (Å²) in [5.41, 5.74) is 2.12. The van der Waals surface area contributed by atoms with E-state index in [9.17, 15) is 0 Å². The fraction of sp³-hybridized carbons (Fsp3) is 0.273. The minimum atomic E-state index is 0.0319. The van der Waals surface area contributed by atoms with Crippen LogP contribution < -0.4 is 0 Å². The van der Waals surface area contributed by atoms with E-state index in [1.807, 2.05) is 32.1 Å². The molecule has 14 heavy (non-hydrogen) atoms. The zero-order valence-electron chi connectivity index (χ0n) is 8.02. The predicted molar refractivity (Wildman–Crippen MR) is 65.4 cm³/mol. The summed E-state index contributed by atoms with van der Waals surface area (Å²) in [6.07, 6.45) is 2.00. The fourth-order valence-corrected chi connectivity index (χ4v) is 1.35. The van der Waals surface area contributed by atoms with Gasteiger partial charge in [0.1, 0.15) is 0 Å². The zero-order chi connectivity index (χ0) is 10.7. The van der Waals surface area contributed by atoms with Crippen molar-refractivity contribution < 1.29 is 0 Å². The smallest absolute Gasteiger partial charge is 0.0598 e. The summed E-state index contributed by atoms with van der Waals surface area (Å²) >= 11 is 17.6. The standard InChI is InChI=1S/C11H11Cl3/c1-7(8(2)12)5-9-3-4-10(13)11(14)6-9/h3-6,8H,1-2H3/b7-5+. The highest BCUT2D eigenvalue weighted by Gasteiger charge is 2.01.